The van der Waals surface area contributed by atoms with Crippen molar-refractivity contribution in [1.29, 1.82) is 0 Å². The molecular formula is C31H59Cl2O6P. The van der Waals surface area contributed by atoms with Crippen LogP contribution in [0.5, 0.6) is 0 Å². The number of unbranched alkanes of at least 4 members (excludes halogenated alkanes) is 20. The predicted octanol–water partition coefficient (Wildman–Crippen LogP) is 11.4. The Labute approximate surface area is 255 Å². The van der Waals surface area contributed by atoms with Gasteiger partial charge in [0.25, 0.3) is 0 Å². The van der Waals surface area contributed by atoms with Gasteiger partial charge in [0.1, 0.15) is 6.61 Å². The van der Waals surface area contributed by atoms with Crippen LogP contribution in [-0.4, -0.2) is 31.3 Å². The van der Waals surface area contributed by atoms with E-state index in [1.54, 1.807) is 0 Å². The van der Waals surface area contributed by atoms with Crippen molar-refractivity contribution in [2.24, 2.45) is 0 Å². The SMILES string of the molecule is CCCCCCCCCCCCCC(=O)OC[C@H](COP(=O)(Cl)Cl)OC(=O)CCCCCCCCCCCCC. The van der Waals surface area contributed by atoms with E-state index in [-0.39, 0.29) is 25.6 Å². The summed E-state index contributed by atoms with van der Waals surface area (Å²) in [5.74, 6) is -0.743. The second-order valence-corrected chi connectivity index (χ2v) is 15.4. The molecule has 0 fully saturated rings. The number of hydrogen-bond acceptors (Lipinski definition) is 6. The van der Waals surface area contributed by atoms with E-state index in [9.17, 15) is 14.2 Å². The fourth-order valence-corrected chi connectivity index (χ4v) is 5.33. The summed E-state index contributed by atoms with van der Waals surface area (Å²) in [5, 5.41) is 0. The van der Waals surface area contributed by atoms with E-state index in [1.165, 1.54) is 103 Å². The van der Waals surface area contributed by atoms with Gasteiger partial charge in [0, 0.05) is 12.8 Å². The van der Waals surface area contributed by atoms with Crippen LogP contribution in [0.4, 0.5) is 0 Å². The molecular weight excluding hydrogens is 570 g/mol. The van der Waals surface area contributed by atoms with Crippen LogP contribution in [0.1, 0.15) is 168 Å². The Morgan fingerprint density at radius 3 is 1.27 bits per heavy atom. The van der Waals surface area contributed by atoms with Crippen molar-refractivity contribution >= 4 is 40.5 Å². The van der Waals surface area contributed by atoms with E-state index in [0.717, 1.165) is 38.5 Å². The Bertz CT molecular complexity index is 643. The fraction of sp³-hybridized carbons (Fsp3) is 0.935. The molecule has 0 unspecified atom stereocenters. The first kappa shape index (κ1) is 39.7. The molecule has 0 aromatic carbocycles. The zero-order chi connectivity index (χ0) is 29.7. The second-order valence-electron chi connectivity index (χ2n) is 11.1. The van der Waals surface area contributed by atoms with E-state index in [2.05, 4.69) is 13.8 Å². The van der Waals surface area contributed by atoms with Crippen LogP contribution >= 0.6 is 28.6 Å². The predicted molar refractivity (Wildman–Crippen MR) is 168 cm³/mol. The summed E-state index contributed by atoms with van der Waals surface area (Å²) in [5.41, 5.74) is 0. The summed E-state index contributed by atoms with van der Waals surface area (Å²) < 4.78 is 27.2. The average Bonchev–Trinajstić information content (AvgIpc) is 2.91. The first-order valence-electron chi connectivity index (χ1n) is 16.3. The van der Waals surface area contributed by atoms with E-state index in [4.69, 9.17) is 36.5 Å². The number of ether oxygens (including phenoxy) is 2. The molecule has 0 aliphatic rings. The number of halogens is 2. The second kappa shape index (κ2) is 28.8. The number of esters is 2. The molecule has 1 atom stereocenters. The summed E-state index contributed by atoms with van der Waals surface area (Å²) >= 11 is 10.9. The molecule has 0 amide bonds. The van der Waals surface area contributed by atoms with Crippen molar-refractivity contribution in [3.05, 3.63) is 0 Å². The number of carbonyl (C=O) groups is 2. The molecule has 0 heterocycles. The molecule has 0 saturated heterocycles. The normalized spacial score (nSPS) is 12.4. The van der Waals surface area contributed by atoms with Crippen molar-refractivity contribution in [2.75, 3.05) is 13.2 Å². The van der Waals surface area contributed by atoms with Gasteiger partial charge in [-0.3, -0.25) is 14.2 Å². The average molecular weight is 630 g/mol. The van der Waals surface area contributed by atoms with Crippen LogP contribution in [0.3, 0.4) is 0 Å². The highest BCUT2D eigenvalue weighted by Gasteiger charge is 2.22. The highest BCUT2D eigenvalue weighted by atomic mass is 35.9. The lowest BCUT2D eigenvalue weighted by Crippen LogP contribution is -2.29. The summed E-state index contributed by atoms with van der Waals surface area (Å²) in [6.45, 7) is 4.01. The lowest BCUT2D eigenvalue weighted by atomic mass is 10.1. The number of rotatable bonds is 30. The minimum atomic E-state index is -3.79. The van der Waals surface area contributed by atoms with Gasteiger partial charge in [-0.2, -0.15) is 0 Å². The molecule has 0 aliphatic heterocycles. The van der Waals surface area contributed by atoms with E-state index in [0.29, 0.717) is 6.42 Å². The van der Waals surface area contributed by atoms with Gasteiger partial charge in [-0.05, 0) is 35.3 Å². The van der Waals surface area contributed by atoms with E-state index >= 15 is 0 Å². The van der Waals surface area contributed by atoms with Gasteiger partial charge >= 0.3 is 18.0 Å². The Hall–Kier alpha value is -0.290. The molecule has 0 bridgehead atoms. The number of carbonyl (C=O) groups excluding carboxylic acids is 2. The lowest BCUT2D eigenvalue weighted by molar-refractivity contribution is -0.161. The maximum atomic E-state index is 12.3. The Morgan fingerprint density at radius 2 is 0.900 bits per heavy atom. The zero-order valence-corrected chi connectivity index (χ0v) is 28.0. The van der Waals surface area contributed by atoms with Gasteiger partial charge in [-0.25, -0.2) is 0 Å². The Balaban J connectivity index is 4.01. The van der Waals surface area contributed by atoms with Crippen LogP contribution in [0.15, 0.2) is 0 Å². The van der Waals surface area contributed by atoms with Crippen LogP contribution in [0.2, 0.25) is 0 Å². The number of hydrogen-bond donors (Lipinski definition) is 0. The van der Waals surface area contributed by atoms with Crippen LogP contribution in [0.25, 0.3) is 0 Å². The third kappa shape index (κ3) is 30.7. The van der Waals surface area contributed by atoms with Crippen LogP contribution < -0.4 is 0 Å². The molecule has 0 saturated carbocycles. The van der Waals surface area contributed by atoms with Crippen LogP contribution in [0, 0.1) is 0 Å². The maximum absolute atomic E-state index is 12.3. The molecule has 0 spiro atoms. The lowest BCUT2D eigenvalue weighted by Gasteiger charge is -2.18. The first-order chi connectivity index (χ1) is 19.3. The standard InChI is InChI=1S/C31H59Cl2O6P/c1-3-5-7-9-11-13-15-17-19-21-23-25-30(34)37-27-29(28-38-40(32,33)36)39-31(35)26-24-22-20-18-16-14-12-10-8-6-4-2/h29H,3-28H2,1-2H3/t29-/m1/s1. The topological polar surface area (TPSA) is 78.9 Å². The van der Waals surface area contributed by atoms with Crippen LogP contribution in [-0.2, 0) is 28.2 Å². The van der Waals surface area contributed by atoms with Crippen molar-refractivity contribution in [3.63, 3.8) is 0 Å². The third-order valence-corrected chi connectivity index (χ3v) is 8.14. The van der Waals surface area contributed by atoms with Crippen molar-refractivity contribution < 1.29 is 28.2 Å². The highest BCUT2D eigenvalue weighted by Crippen LogP contribution is 2.57. The summed E-state index contributed by atoms with van der Waals surface area (Å²) in [7, 11) is 0. The molecule has 238 valence electrons. The summed E-state index contributed by atoms with van der Waals surface area (Å²) in [6, 6.07) is 0. The molecule has 0 aromatic rings. The van der Waals surface area contributed by atoms with Gasteiger partial charge in [-0.15, -0.1) is 0 Å². The molecule has 0 radical (unpaired) electrons. The van der Waals surface area contributed by atoms with Gasteiger partial charge in [0.2, 0.25) is 0 Å². The molecule has 0 rings (SSSR count). The summed E-state index contributed by atoms with van der Waals surface area (Å²) in [6.07, 6.45) is 22.3. The summed E-state index contributed by atoms with van der Waals surface area (Å²) in [4.78, 5) is 24.5. The van der Waals surface area contributed by atoms with Gasteiger partial charge in [0.15, 0.2) is 6.10 Å². The zero-order valence-electron chi connectivity index (χ0n) is 25.6. The van der Waals surface area contributed by atoms with Crippen molar-refractivity contribution in [2.45, 2.75) is 174 Å². The molecule has 6 nitrogen and oxygen atoms in total. The van der Waals surface area contributed by atoms with Gasteiger partial charge in [0.05, 0.1) is 6.61 Å². The molecule has 40 heavy (non-hydrogen) atoms. The first-order valence-corrected chi connectivity index (χ1v) is 19.7. The molecule has 0 aromatic heterocycles. The smallest absolute Gasteiger partial charge is 0.380 e. The molecule has 9 heteroatoms. The van der Waals surface area contributed by atoms with Gasteiger partial charge < -0.3 is 14.0 Å². The van der Waals surface area contributed by atoms with Crippen molar-refractivity contribution in [3.8, 4) is 0 Å². The van der Waals surface area contributed by atoms with Crippen molar-refractivity contribution in [1.82, 2.24) is 0 Å². The largest absolute Gasteiger partial charge is 0.462 e. The minimum Gasteiger partial charge on any atom is -0.462 e. The Kier molecular flexibility index (Phi) is 28.6. The van der Waals surface area contributed by atoms with E-state index < -0.39 is 18.1 Å². The quantitative estimate of drug-likeness (QED) is 0.0447. The maximum Gasteiger partial charge on any atom is 0.380 e. The fourth-order valence-electron chi connectivity index (χ4n) is 4.66. The minimum absolute atomic E-state index is 0.172. The third-order valence-electron chi connectivity index (χ3n) is 7.11. The van der Waals surface area contributed by atoms with Gasteiger partial charge in [-0.1, -0.05) is 142 Å². The highest BCUT2D eigenvalue weighted by molar-refractivity contribution is 8.05. The monoisotopic (exact) mass is 628 g/mol. The van der Waals surface area contributed by atoms with E-state index in [1.807, 2.05) is 0 Å². The Morgan fingerprint density at radius 1 is 0.550 bits per heavy atom. The molecule has 0 N–H and O–H groups in total. The molecule has 0 aliphatic carbocycles.